The lowest BCUT2D eigenvalue weighted by Gasteiger charge is -2.32. The predicted molar refractivity (Wildman–Crippen MR) is 114 cm³/mol. The van der Waals surface area contributed by atoms with Crippen LogP contribution in [0.15, 0.2) is 4.52 Å². The summed E-state index contributed by atoms with van der Waals surface area (Å²) in [6, 6.07) is -0.862. The van der Waals surface area contributed by atoms with E-state index in [0.717, 1.165) is 25.7 Å². The molecule has 1 saturated heterocycles. The zero-order valence-electron chi connectivity index (χ0n) is 19.0. The van der Waals surface area contributed by atoms with Crippen molar-refractivity contribution in [1.82, 2.24) is 20.4 Å². The predicted octanol–water partition coefficient (Wildman–Crippen LogP) is 2.52. The summed E-state index contributed by atoms with van der Waals surface area (Å²) in [6.45, 7) is 5.53. The van der Waals surface area contributed by atoms with Crippen molar-refractivity contribution in [2.24, 2.45) is 5.92 Å². The molecule has 1 saturated carbocycles. The number of rotatable bonds is 9. The molecule has 1 aliphatic carbocycles. The summed E-state index contributed by atoms with van der Waals surface area (Å²) in [7, 11) is 0. The number of carbonyl (C=O) groups excluding carboxylic acids is 3. The van der Waals surface area contributed by atoms with E-state index in [1.165, 1.54) is 6.42 Å². The zero-order valence-corrected chi connectivity index (χ0v) is 19.0. The molecule has 0 bridgehead atoms. The highest BCUT2D eigenvalue weighted by Gasteiger charge is 2.33. The minimum Gasteiger partial charge on any atom is -0.436 e. The molecular weight excluding hydrogens is 416 g/mol. The lowest BCUT2D eigenvalue weighted by molar-refractivity contribution is -0.145. The van der Waals surface area contributed by atoms with Crippen LogP contribution in [0, 0.1) is 5.92 Å². The average Bonchev–Trinajstić information content (AvgIpc) is 3.32. The van der Waals surface area contributed by atoms with E-state index >= 15 is 0 Å². The first-order valence-corrected chi connectivity index (χ1v) is 11.7. The van der Waals surface area contributed by atoms with Crippen LogP contribution in [0.2, 0.25) is 0 Å². The maximum atomic E-state index is 13.1. The first-order chi connectivity index (χ1) is 15.5. The summed E-state index contributed by atoms with van der Waals surface area (Å²) >= 11 is 0. The van der Waals surface area contributed by atoms with Crippen molar-refractivity contribution >= 4 is 17.8 Å². The van der Waals surface area contributed by atoms with Gasteiger partial charge in [0.1, 0.15) is 0 Å². The lowest BCUT2D eigenvalue weighted by Crippen LogP contribution is -2.49. The number of hydrogen-bond acceptors (Lipinski definition) is 8. The molecule has 1 N–H and O–H groups in total. The first kappa shape index (κ1) is 24.2. The third kappa shape index (κ3) is 6.51. The molecule has 3 rings (SSSR count). The van der Waals surface area contributed by atoms with Gasteiger partial charge in [-0.25, -0.2) is 4.79 Å². The molecule has 2 atom stereocenters. The van der Waals surface area contributed by atoms with Gasteiger partial charge >= 0.3 is 6.09 Å². The number of aromatic nitrogens is 2. The minimum absolute atomic E-state index is 0.0721. The smallest absolute Gasteiger partial charge is 0.408 e. The lowest BCUT2D eigenvalue weighted by atomic mass is 9.85. The van der Waals surface area contributed by atoms with Gasteiger partial charge < -0.3 is 24.2 Å². The van der Waals surface area contributed by atoms with Crippen molar-refractivity contribution in [2.45, 2.75) is 77.4 Å². The van der Waals surface area contributed by atoms with Gasteiger partial charge in [0.15, 0.2) is 6.10 Å². The van der Waals surface area contributed by atoms with E-state index in [1.807, 2.05) is 6.92 Å². The largest absolute Gasteiger partial charge is 0.436 e. The summed E-state index contributed by atoms with van der Waals surface area (Å²) in [6.07, 6.45) is 5.21. The van der Waals surface area contributed by atoms with Gasteiger partial charge in [0.2, 0.25) is 17.5 Å². The Balaban J connectivity index is 1.64. The van der Waals surface area contributed by atoms with Crippen LogP contribution in [0.4, 0.5) is 4.79 Å². The number of hydrogen-bond donors (Lipinski definition) is 1. The molecule has 0 spiro atoms. The van der Waals surface area contributed by atoms with E-state index in [1.54, 1.807) is 11.8 Å². The third-order valence-corrected chi connectivity index (χ3v) is 6.13. The van der Waals surface area contributed by atoms with Gasteiger partial charge in [0.25, 0.3) is 5.91 Å². The maximum absolute atomic E-state index is 13.1. The van der Waals surface area contributed by atoms with E-state index < -0.39 is 24.0 Å². The average molecular weight is 451 g/mol. The fraction of sp³-hybridized carbons (Fsp3) is 0.773. The van der Waals surface area contributed by atoms with Gasteiger partial charge in [-0.2, -0.15) is 4.98 Å². The van der Waals surface area contributed by atoms with Crippen LogP contribution in [-0.2, 0) is 20.7 Å². The second kappa shape index (κ2) is 11.9. The number of alkyl carbamates (subject to hydrolysis) is 1. The molecule has 0 unspecified atom stereocenters. The van der Waals surface area contributed by atoms with Crippen molar-refractivity contribution < 1.29 is 28.4 Å². The molecule has 10 heteroatoms. The van der Waals surface area contributed by atoms with Gasteiger partial charge in [-0.3, -0.25) is 9.59 Å². The van der Waals surface area contributed by atoms with Crippen molar-refractivity contribution in [3.05, 3.63) is 11.7 Å². The molecule has 2 amide bonds. The van der Waals surface area contributed by atoms with E-state index in [-0.39, 0.29) is 11.7 Å². The number of ether oxygens (including phenoxy) is 2. The highest BCUT2D eigenvalue weighted by Crippen LogP contribution is 2.28. The Morgan fingerprint density at radius 2 is 1.88 bits per heavy atom. The Kier molecular flexibility index (Phi) is 9.01. The van der Waals surface area contributed by atoms with Crippen LogP contribution >= 0.6 is 0 Å². The number of Topliss-reactive ketones (excluding diaryl/α,β-unsaturated/α-hetero) is 1. The molecule has 178 valence electrons. The van der Waals surface area contributed by atoms with E-state index in [4.69, 9.17) is 14.0 Å². The van der Waals surface area contributed by atoms with E-state index in [9.17, 15) is 14.4 Å². The molecule has 1 aromatic heterocycles. The highest BCUT2D eigenvalue weighted by atomic mass is 16.6. The van der Waals surface area contributed by atoms with Gasteiger partial charge in [-0.15, -0.1) is 0 Å². The summed E-state index contributed by atoms with van der Waals surface area (Å²) in [5.74, 6) is -0.0103. The van der Waals surface area contributed by atoms with Crippen molar-refractivity contribution in [1.29, 1.82) is 0 Å². The molecule has 1 aromatic rings. The topological polar surface area (TPSA) is 124 Å². The minimum atomic E-state index is -0.874. The van der Waals surface area contributed by atoms with Crippen LogP contribution in [-0.4, -0.2) is 71.3 Å². The molecule has 32 heavy (non-hydrogen) atoms. The normalized spacial score (nSPS) is 19.2. The Morgan fingerprint density at radius 1 is 1.16 bits per heavy atom. The number of amides is 2. The van der Waals surface area contributed by atoms with Gasteiger partial charge in [0.05, 0.1) is 19.3 Å². The summed E-state index contributed by atoms with van der Waals surface area (Å²) in [4.78, 5) is 44.2. The molecule has 10 nitrogen and oxygen atoms in total. The fourth-order valence-corrected chi connectivity index (χ4v) is 4.23. The van der Waals surface area contributed by atoms with Crippen molar-refractivity contribution in [3.63, 3.8) is 0 Å². The van der Waals surface area contributed by atoms with E-state index in [2.05, 4.69) is 15.5 Å². The molecule has 2 fully saturated rings. The molecule has 0 radical (unpaired) electrons. The van der Waals surface area contributed by atoms with Crippen LogP contribution in [0.1, 0.15) is 75.3 Å². The van der Waals surface area contributed by atoms with Crippen LogP contribution < -0.4 is 5.32 Å². The maximum Gasteiger partial charge on any atom is 0.408 e. The summed E-state index contributed by atoms with van der Waals surface area (Å²) < 4.78 is 15.9. The monoisotopic (exact) mass is 450 g/mol. The number of carbonyl (C=O) groups is 3. The first-order valence-electron chi connectivity index (χ1n) is 11.7. The number of morpholine rings is 1. The quantitative estimate of drug-likeness (QED) is 0.569. The van der Waals surface area contributed by atoms with Crippen LogP contribution in [0.3, 0.4) is 0 Å². The Morgan fingerprint density at radius 3 is 2.50 bits per heavy atom. The molecule has 2 heterocycles. The number of nitrogens with one attached hydrogen (secondary N) is 1. The van der Waals surface area contributed by atoms with Crippen LogP contribution in [0.5, 0.6) is 0 Å². The van der Waals surface area contributed by atoms with Gasteiger partial charge in [-0.1, -0.05) is 51.1 Å². The molecular formula is C22H34N4O6. The number of nitrogens with zero attached hydrogens (tertiary/aromatic N) is 3. The number of aryl methyl sites for hydroxylation is 1. The van der Waals surface area contributed by atoms with Crippen molar-refractivity contribution in [2.75, 3.05) is 26.3 Å². The standard InChI is InChI=1S/C22H34N4O6/c1-3-16(19(27)20-24-18(4-2)32-25-20)23-22(29)31-17(14-15-8-6-5-7-9-15)21(28)26-10-12-30-13-11-26/h15-17H,3-14H2,1-2H3,(H,23,29)/t16-,17-/m0/s1. The molecule has 0 aromatic carbocycles. The Bertz CT molecular complexity index is 770. The zero-order chi connectivity index (χ0) is 22.9. The summed E-state index contributed by atoms with van der Waals surface area (Å²) in [5.41, 5.74) is 0. The third-order valence-electron chi connectivity index (χ3n) is 6.13. The van der Waals surface area contributed by atoms with Gasteiger partial charge in [-0.05, 0) is 18.8 Å². The van der Waals surface area contributed by atoms with Crippen LogP contribution in [0.25, 0.3) is 0 Å². The second-order valence-corrected chi connectivity index (χ2v) is 8.41. The molecule has 2 aliphatic rings. The summed E-state index contributed by atoms with van der Waals surface area (Å²) in [5, 5.41) is 6.28. The Hall–Kier alpha value is -2.49. The SMILES string of the molecule is CCc1nc(C(=O)[C@H](CC)NC(=O)O[C@@H](CC2CCCCC2)C(=O)N2CCOCC2)no1. The van der Waals surface area contributed by atoms with Crippen molar-refractivity contribution in [3.8, 4) is 0 Å². The fourth-order valence-electron chi connectivity index (χ4n) is 4.23. The second-order valence-electron chi connectivity index (χ2n) is 8.41. The Labute approximate surface area is 188 Å². The number of ketones is 1. The van der Waals surface area contributed by atoms with Gasteiger partial charge in [0, 0.05) is 19.5 Å². The molecule has 1 aliphatic heterocycles. The van der Waals surface area contributed by atoms with E-state index in [0.29, 0.717) is 57.4 Å². The highest BCUT2D eigenvalue weighted by molar-refractivity contribution is 5.98.